The molecule has 1 fully saturated rings. The van der Waals surface area contributed by atoms with Crippen LogP contribution in [0.3, 0.4) is 0 Å². The Bertz CT molecular complexity index is 456. The second kappa shape index (κ2) is 8.13. The van der Waals surface area contributed by atoms with Crippen molar-refractivity contribution >= 4 is 5.91 Å². The molecule has 0 unspecified atom stereocenters. The molecule has 0 bridgehead atoms. The lowest BCUT2D eigenvalue weighted by molar-refractivity contribution is -0.132. The van der Waals surface area contributed by atoms with E-state index in [1.165, 1.54) is 6.07 Å². The van der Waals surface area contributed by atoms with Crippen molar-refractivity contribution in [3.05, 3.63) is 35.6 Å². The zero-order valence-electron chi connectivity index (χ0n) is 12.8. The van der Waals surface area contributed by atoms with E-state index in [1.54, 1.807) is 12.1 Å². The summed E-state index contributed by atoms with van der Waals surface area (Å²) < 4.78 is 13.4. The van der Waals surface area contributed by atoms with Crippen molar-refractivity contribution in [1.29, 1.82) is 0 Å². The normalized spacial score (nSPS) is 16.2. The van der Waals surface area contributed by atoms with E-state index < -0.39 is 0 Å². The summed E-state index contributed by atoms with van der Waals surface area (Å²) in [7, 11) is 0. The molecule has 116 valence electrons. The molecule has 1 aromatic rings. The van der Waals surface area contributed by atoms with Crippen molar-refractivity contribution in [3.8, 4) is 0 Å². The Morgan fingerprint density at radius 1 is 1.29 bits per heavy atom. The minimum absolute atomic E-state index is 0.155. The Labute approximate surface area is 126 Å². The van der Waals surface area contributed by atoms with Gasteiger partial charge in [0, 0.05) is 26.1 Å². The highest BCUT2D eigenvalue weighted by atomic mass is 19.1. The Hall–Kier alpha value is -1.42. The number of rotatable bonds is 6. The van der Waals surface area contributed by atoms with Gasteiger partial charge < -0.3 is 10.2 Å². The van der Waals surface area contributed by atoms with E-state index in [0.717, 1.165) is 37.4 Å². The van der Waals surface area contributed by atoms with Gasteiger partial charge in [-0.05, 0) is 43.4 Å². The molecule has 1 N–H and O–H groups in total. The van der Waals surface area contributed by atoms with Gasteiger partial charge in [0.15, 0.2) is 0 Å². The van der Waals surface area contributed by atoms with Gasteiger partial charge in [-0.1, -0.05) is 25.1 Å². The summed E-state index contributed by atoms with van der Waals surface area (Å²) in [6.07, 6.45) is 3.42. The average Bonchev–Trinajstić information content (AvgIpc) is 2.49. The van der Waals surface area contributed by atoms with Crippen LogP contribution < -0.4 is 5.32 Å². The van der Waals surface area contributed by atoms with Gasteiger partial charge in [-0.3, -0.25) is 4.79 Å². The van der Waals surface area contributed by atoms with E-state index in [9.17, 15) is 9.18 Å². The smallest absolute Gasteiger partial charge is 0.223 e. The summed E-state index contributed by atoms with van der Waals surface area (Å²) in [5.74, 6) is 0.825. The molecule has 0 saturated carbocycles. The molecule has 21 heavy (non-hydrogen) atoms. The van der Waals surface area contributed by atoms with Crippen molar-refractivity contribution in [2.75, 3.05) is 26.2 Å². The third kappa shape index (κ3) is 5.12. The fraction of sp³-hybridized carbons (Fsp3) is 0.588. The standard InChI is InChI=1S/C17H25FN2O/c1-14-8-12-20(13-9-14)17(21)7-11-19-10-6-15-4-2-3-5-16(15)18/h2-5,14,19H,6-13H2,1H3. The SMILES string of the molecule is CC1CCN(C(=O)CCNCCc2ccccc2F)CC1. The maximum atomic E-state index is 13.4. The second-order valence-corrected chi connectivity index (χ2v) is 5.90. The second-order valence-electron chi connectivity index (χ2n) is 5.90. The van der Waals surface area contributed by atoms with Gasteiger partial charge in [0.25, 0.3) is 0 Å². The molecule has 1 aliphatic rings. The first-order valence-corrected chi connectivity index (χ1v) is 7.88. The summed E-state index contributed by atoms with van der Waals surface area (Å²) in [6.45, 7) is 5.40. The summed E-state index contributed by atoms with van der Waals surface area (Å²) >= 11 is 0. The predicted molar refractivity (Wildman–Crippen MR) is 82.6 cm³/mol. The number of carbonyl (C=O) groups excluding carboxylic acids is 1. The molecule has 2 rings (SSSR count). The first-order valence-electron chi connectivity index (χ1n) is 7.88. The maximum absolute atomic E-state index is 13.4. The molecule has 1 amide bonds. The zero-order valence-corrected chi connectivity index (χ0v) is 12.8. The van der Waals surface area contributed by atoms with Crippen LogP contribution in [0.1, 0.15) is 31.7 Å². The minimum atomic E-state index is -0.155. The highest BCUT2D eigenvalue weighted by molar-refractivity contribution is 5.76. The molecule has 0 spiro atoms. The number of hydrogen-bond acceptors (Lipinski definition) is 2. The number of likely N-dealkylation sites (tertiary alicyclic amines) is 1. The number of benzene rings is 1. The third-order valence-corrected chi connectivity index (χ3v) is 4.18. The van der Waals surface area contributed by atoms with Gasteiger partial charge in [-0.15, -0.1) is 0 Å². The van der Waals surface area contributed by atoms with E-state index in [2.05, 4.69) is 12.2 Å². The molecule has 0 aromatic heterocycles. The van der Waals surface area contributed by atoms with Gasteiger partial charge in [0.05, 0.1) is 0 Å². The van der Waals surface area contributed by atoms with E-state index in [4.69, 9.17) is 0 Å². The quantitative estimate of drug-likeness (QED) is 0.817. The van der Waals surface area contributed by atoms with Crippen LogP contribution in [0, 0.1) is 11.7 Å². The lowest BCUT2D eigenvalue weighted by Gasteiger charge is -2.30. The molecule has 1 saturated heterocycles. The van der Waals surface area contributed by atoms with Crippen molar-refractivity contribution in [2.45, 2.75) is 32.6 Å². The van der Waals surface area contributed by atoms with Crippen LogP contribution in [0.4, 0.5) is 4.39 Å². The number of nitrogens with zero attached hydrogens (tertiary/aromatic N) is 1. The molecule has 3 nitrogen and oxygen atoms in total. The van der Waals surface area contributed by atoms with Crippen molar-refractivity contribution < 1.29 is 9.18 Å². The minimum Gasteiger partial charge on any atom is -0.343 e. The van der Waals surface area contributed by atoms with Crippen LogP contribution in [-0.4, -0.2) is 37.0 Å². The van der Waals surface area contributed by atoms with Crippen LogP contribution in [0.5, 0.6) is 0 Å². The van der Waals surface area contributed by atoms with E-state index in [1.807, 2.05) is 11.0 Å². The fourth-order valence-electron chi connectivity index (χ4n) is 2.66. The first kappa shape index (κ1) is 16.0. The average molecular weight is 292 g/mol. The zero-order chi connectivity index (χ0) is 15.1. The number of hydrogen-bond donors (Lipinski definition) is 1. The molecule has 0 atom stereocenters. The maximum Gasteiger partial charge on any atom is 0.223 e. The number of amides is 1. The molecule has 4 heteroatoms. The lowest BCUT2D eigenvalue weighted by atomic mass is 9.99. The highest BCUT2D eigenvalue weighted by Gasteiger charge is 2.19. The van der Waals surface area contributed by atoms with Crippen molar-refractivity contribution in [3.63, 3.8) is 0 Å². The molecular formula is C17H25FN2O. The first-order chi connectivity index (χ1) is 10.2. The Morgan fingerprint density at radius 3 is 2.71 bits per heavy atom. The molecule has 0 aliphatic carbocycles. The topological polar surface area (TPSA) is 32.3 Å². The summed E-state index contributed by atoms with van der Waals surface area (Å²) in [6, 6.07) is 6.83. The largest absolute Gasteiger partial charge is 0.343 e. The molecule has 0 radical (unpaired) electrons. The monoisotopic (exact) mass is 292 g/mol. The van der Waals surface area contributed by atoms with E-state index in [0.29, 0.717) is 25.9 Å². The van der Waals surface area contributed by atoms with Gasteiger partial charge in [0.1, 0.15) is 5.82 Å². The number of piperidine rings is 1. The highest BCUT2D eigenvalue weighted by Crippen LogP contribution is 2.16. The number of halogens is 1. The molecule has 1 aliphatic heterocycles. The van der Waals surface area contributed by atoms with Gasteiger partial charge in [-0.25, -0.2) is 4.39 Å². The molecule has 1 heterocycles. The number of nitrogens with one attached hydrogen (secondary N) is 1. The van der Waals surface area contributed by atoms with Crippen LogP contribution >= 0.6 is 0 Å². The van der Waals surface area contributed by atoms with Crippen LogP contribution in [-0.2, 0) is 11.2 Å². The summed E-state index contributed by atoms with van der Waals surface area (Å²) in [4.78, 5) is 14.0. The van der Waals surface area contributed by atoms with E-state index >= 15 is 0 Å². The Kier molecular flexibility index (Phi) is 6.18. The lowest BCUT2D eigenvalue weighted by Crippen LogP contribution is -2.39. The third-order valence-electron chi connectivity index (χ3n) is 4.18. The Morgan fingerprint density at radius 2 is 2.00 bits per heavy atom. The summed E-state index contributed by atoms with van der Waals surface area (Å²) in [5.41, 5.74) is 0.723. The van der Waals surface area contributed by atoms with Crippen molar-refractivity contribution in [2.24, 2.45) is 5.92 Å². The van der Waals surface area contributed by atoms with Gasteiger partial charge in [-0.2, -0.15) is 0 Å². The Balaban J connectivity index is 1.59. The van der Waals surface area contributed by atoms with Crippen LogP contribution in [0.15, 0.2) is 24.3 Å². The van der Waals surface area contributed by atoms with Crippen LogP contribution in [0.2, 0.25) is 0 Å². The van der Waals surface area contributed by atoms with Crippen molar-refractivity contribution in [1.82, 2.24) is 10.2 Å². The fourth-order valence-corrected chi connectivity index (χ4v) is 2.66. The number of carbonyl (C=O) groups is 1. The molecule has 1 aromatic carbocycles. The van der Waals surface area contributed by atoms with Gasteiger partial charge >= 0.3 is 0 Å². The molecular weight excluding hydrogens is 267 g/mol. The predicted octanol–water partition coefficient (Wildman–Crippen LogP) is 2.61. The summed E-state index contributed by atoms with van der Waals surface area (Å²) in [5, 5.41) is 3.23. The van der Waals surface area contributed by atoms with E-state index in [-0.39, 0.29) is 11.7 Å². The van der Waals surface area contributed by atoms with Gasteiger partial charge in [0.2, 0.25) is 5.91 Å². The van der Waals surface area contributed by atoms with Crippen LogP contribution in [0.25, 0.3) is 0 Å².